The van der Waals surface area contributed by atoms with Gasteiger partial charge in [-0.1, -0.05) is 12.1 Å². The standard InChI is InChI=1S/C31H33FN2O7/c1-19-14-34(20(2)13-33(19)15-21-5-7-24(32)8-6-21)30(37)18-41-28-12-25(23(17-36)11-27(28)39-3)26-9-22(16-35)10-29(40-4)31(26)38/h5-12,16-17,19-20,38H,13-15,18H2,1-4H3/t19-,20+/m0/s1. The van der Waals surface area contributed by atoms with Crippen LogP contribution in [0.5, 0.6) is 23.0 Å². The van der Waals surface area contributed by atoms with E-state index in [1.807, 2.05) is 13.8 Å². The SMILES string of the molecule is COc1cc(C=O)c(-c2cc(C=O)cc(OC)c2O)cc1OCC(=O)N1C[C@H](C)N(Cc2ccc(F)cc2)C[C@H]1C. The molecular weight excluding hydrogens is 531 g/mol. The molecule has 3 aromatic carbocycles. The Balaban J connectivity index is 1.52. The third-order valence-electron chi connectivity index (χ3n) is 7.29. The molecule has 2 atom stereocenters. The number of aldehydes is 2. The van der Waals surface area contributed by atoms with E-state index in [0.717, 1.165) is 5.56 Å². The number of phenolic OH excluding ortho intramolecular Hbond substituents is 1. The fourth-order valence-electron chi connectivity index (χ4n) is 5.05. The highest BCUT2D eigenvalue weighted by atomic mass is 19.1. The first-order valence-corrected chi connectivity index (χ1v) is 13.1. The quantitative estimate of drug-likeness (QED) is 0.363. The highest BCUT2D eigenvalue weighted by molar-refractivity contribution is 5.93. The summed E-state index contributed by atoms with van der Waals surface area (Å²) < 4.78 is 29.8. The van der Waals surface area contributed by atoms with Gasteiger partial charge in [0.25, 0.3) is 5.91 Å². The van der Waals surface area contributed by atoms with Crippen molar-refractivity contribution in [2.24, 2.45) is 0 Å². The maximum Gasteiger partial charge on any atom is 0.260 e. The van der Waals surface area contributed by atoms with E-state index in [1.54, 1.807) is 17.0 Å². The summed E-state index contributed by atoms with van der Waals surface area (Å²) in [6.45, 7) is 5.50. The third-order valence-corrected chi connectivity index (χ3v) is 7.29. The van der Waals surface area contributed by atoms with Gasteiger partial charge in [0.15, 0.2) is 35.9 Å². The zero-order valence-corrected chi connectivity index (χ0v) is 23.4. The molecule has 0 bridgehead atoms. The molecule has 1 N–H and O–H groups in total. The second-order valence-electron chi connectivity index (χ2n) is 10.0. The minimum Gasteiger partial charge on any atom is -0.504 e. The van der Waals surface area contributed by atoms with Crippen molar-refractivity contribution in [2.75, 3.05) is 33.9 Å². The van der Waals surface area contributed by atoms with Crippen LogP contribution in [0.15, 0.2) is 48.5 Å². The number of hydrogen-bond acceptors (Lipinski definition) is 8. The van der Waals surface area contributed by atoms with Crippen molar-refractivity contribution in [3.63, 3.8) is 0 Å². The highest BCUT2D eigenvalue weighted by Gasteiger charge is 2.32. The molecule has 10 heteroatoms. The number of benzene rings is 3. The predicted octanol–water partition coefficient (Wildman–Crippen LogP) is 4.34. The molecule has 0 unspecified atom stereocenters. The molecule has 0 aliphatic carbocycles. The van der Waals surface area contributed by atoms with Gasteiger partial charge in [-0.05, 0) is 61.4 Å². The first kappa shape index (κ1) is 29.5. The predicted molar refractivity (Wildman–Crippen MR) is 150 cm³/mol. The topological polar surface area (TPSA) is 106 Å². The summed E-state index contributed by atoms with van der Waals surface area (Å²) in [4.78, 5) is 40.7. The summed E-state index contributed by atoms with van der Waals surface area (Å²) in [5.74, 6) is -0.270. The number of nitrogens with zero attached hydrogens (tertiary/aromatic N) is 2. The molecule has 216 valence electrons. The number of rotatable bonds is 10. The number of carbonyl (C=O) groups excluding carboxylic acids is 3. The summed E-state index contributed by atoms with van der Waals surface area (Å²) in [5, 5.41) is 10.8. The molecule has 1 heterocycles. The first-order valence-electron chi connectivity index (χ1n) is 13.1. The van der Waals surface area contributed by atoms with Crippen LogP contribution in [0.2, 0.25) is 0 Å². The van der Waals surface area contributed by atoms with E-state index >= 15 is 0 Å². The molecule has 1 aliphatic heterocycles. The van der Waals surface area contributed by atoms with E-state index in [9.17, 15) is 23.9 Å². The van der Waals surface area contributed by atoms with Crippen molar-refractivity contribution < 1.29 is 38.1 Å². The molecule has 0 radical (unpaired) electrons. The van der Waals surface area contributed by atoms with Gasteiger partial charge < -0.3 is 24.2 Å². The Morgan fingerprint density at radius 3 is 2.27 bits per heavy atom. The van der Waals surface area contributed by atoms with Crippen LogP contribution in [0.4, 0.5) is 4.39 Å². The van der Waals surface area contributed by atoms with Gasteiger partial charge in [-0.2, -0.15) is 0 Å². The van der Waals surface area contributed by atoms with E-state index in [-0.39, 0.29) is 75.7 Å². The second-order valence-corrected chi connectivity index (χ2v) is 10.0. The molecule has 9 nitrogen and oxygen atoms in total. The number of amides is 1. The van der Waals surface area contributed by atoms with E-state index in [1.165, 1.54) is 50.6 Å². The van der Waals surface area contributed by atoms with Crippen LogP contribution in [0.1, 0.15) is 40.1 Å². The van der Waals surface area contributed by atoms with Crippen LogP contribution >= 0.6 is 0 Å². The average Bonchev–Trinajstić information content (AvgIpc) is 2.98. The molecule has 0 saturated carbocycles. The van der Waals surface area contributed by atoms with E-state index < -0.39 is 0 Å². The molecule has 4 rings (SSSR count). The number of halogens is 1. The maximum atomic E-state index is 13.3. The minimum atomic E-state index is -0.283. The molecule has 1 amide bonds. The monoisotopic (exact) mass is 564 g/mol. The summed E-state index contributed by atoms with van der Waals surface area (Å²) in [6, 6.07) is 12.1. The van der Waals surface area contributed by atoms with Crippen LogP contribution < -0.4 is 14.2 Å². The Hall–Kier alpha value is -4.44. The first-order chi connectivity index (χ1) is 19.7. The molecule has 1 fully saturated rings. The van der Waals surface area contributed by atoms with Gasteiger partial charge in [-0.25, -0.2) is 4.39 Å². The second kappa shape index (κ2) is 12.8. The molecule has 41 heavy (non-hydrogen) atoms. The van der Waals surface area contributed by atoms with Crippen LogP contribution in [-0.4, -0.2) is 79.4 Å². The van der Waals surface area contributed by atoms with Gasteiger partial charge in [-0.3, -0.25) is 19.3 Å². The lowest BCUT2D eigenvalue weighted by molar-refractivity contribution is -0.139. The number of aromatic hydroxyl groups is 1. The maximum absolute atomic E-state index is 13.3. The van der Waals surface area contributed by atoms with Crippen LogP contribution in [0, 0.1) is 5.82 Å². The number of hydrogen-bond donors (Lipinski definition) is 1. The van der Waals surface area contributed by atoms with Crippen LogP contribution in [0.3, 0.4) is 0 Å². The summed E-state index contributed by atoms with van der Waals surface area (Å²) in [6.07, 6.45) is 1.20. The van der Waals surface area contributed by atoms with Crippen LogP contribution in [0.25, 0.3) is 11.1 Å². The zero-order chi connectivity index (χ0) is 29.7. The summed E-state index contributed by atoms with van der Waals surface area (Å²) in [5.41, 5.74) is 1.88. The van der Waals surface area contributed by atoms with Gasteiger partial charge in [0.05, 0.1) is 14.2 Å². The third kappa shape index (κ3) is 6.49. The number of piperazine rings is 1. The van der Waals surface area contributed by atoms with Crippen molar-refractivity contribution in [3.8, 4) is 34.1 Å². The number of phenols is 1. The smallest absolute Gasteiger partial charge is 0.260 e. The lowest BCUT2D eigenvalue weighted by atomic mass is 9.96. The fourth-order valence-corrected chi connectivity index (χ4v) is 5.05. The minimum absolute atomic E-state index is 0.0660. The lowest BCUT2D eigenvalue weighted by Crippen LogP contribution is -2.58. The molecular formula is C31H33FN2O7. The van der Waals surface area contributed by atoms with E-state index in [0.29, 0.717) is 32.2 Å². The molecule has 0 aromatic heterocycles. The van der Waals surface area contributed by atoms with E-state index in [4.69, 9.17) is 14.2 Å². The normalized spacial score (nSPS) is 17.1. The summed E-state index contributed by atoms with van der Waals surface area (Å²) >= 11 is 0. The molecule has 1 aliphatic rings. The van der Waals surface area contributed by atoms with Gasteiger partial charge in [0.2, 0.25) is 0 Å². The summed E-state index contributed by atoms with van der Waals surface area (Å²) in [7, 11) is 2.77. The highest BCUT2D eigenvalue weighted by Crippen LogP contribution is 2.42. The Morgan fingerprint density at radius 2 is 1.63 bits per heavy atom. The van der Waals surface area contributed by atoms with Crippen molar-refractivity contribution >= 4 is 18.5 Å². The Bertz CT molecular complexity index is 1430. The number of carbonyl (C=O) groups is 3. The largest absolute Gasteiger partial charge is 0.504 e. The molecule has 1 saturated heterocycles. The Morgan fingerprint density at radius 1 is 0.927 bits per heavy atom. The lowest BCUT2D eigenvalue weighted by Gasteiger charge is -2.44. The van der Waals surface area contributed by atoms with Gasteiger partial charge >= 0.3 is 0 Å². The fraction of sp³-hybridized carbons (Fsp3) is 0.323. The number of ether oxygens (including phenoxy) is 3. The van der Waals surface area contributed by atoms with E-state index in [2.05, 4.69) is 4.90 Å². The number of methoxy groups -OCH3 is 2. The average molecular weight is 565 g/mol. The van der Waals surface area contributed by atoms with Crippen molar-refractivity contribution in [1.82, 2.24) is 9.80 Å². The van der Waals surface area contributed by atoms with Crippen LogP contribution in [-0.2, 0) is 11.3 Å². The Labute approximate surface area is 238 Å². The zero-order valence-electron chi connectivity index (χ0n) is 23.4. The van der Waals surface area contributed by atoms with Gasteiger partial charge in [0.1, 0.15) is 12.1 Å². The van der Waals surface area contributed by atoms with Gasteiger partial charge in [0, 0.05) is 48.4 Å². The molecule has 0 spiro atoms. The van der Waals surface area contributed by atoms with Gasteiger partial charge in [-0.15, -0.1) is 0 Å². The van der Waals surface area contributed by atoms with Crippen molar-refractivity contribution in [1.29, 1.82) is 0 Å². The Kier molecular flexibility index (Phi) is 9.24. The van der Waals surface area contributed by atoms with Crippen molar-refractivity contribution in [2.45, 2.75) is 32.5 Å². The van der Waals surface area contributed by atoms with Crippen molar-refractivity contribution in [3.05, 3.63) is 71.0 Å². The molecule has 3 aromatic rings.